The van der Waals surface area contributed by atoms with E-state index in [-0.39, 0.29) is 0 Å². The number of nitrogens with zero attached hydrogens (tertiary/aromatic N) is 1. The highest BCUT2D eigenvalue weighted by atomic mass is 14.9. The minimum Gasteiger partial charge on any atom is -0.310 e. The Morgan fingerprint density at radius 3 is 2.83 bits per heavy atom. The Kier molecular flexibility index (Phi) is 6.66. The Hall–Kier alpha value is -1.41. The van der Waals surface area contributed by atoms with Gasteiger partial charge in [0.1, 0.15) is 0 Å². The molecule has 2 aromatic rings. The molecule has 1 heterocycles. The predicted molar refractivity (Wildman–Crippen MR) is 103 cm³/mol. The van der Waals surface area contributed by atoms with Crippen LogP contribution >= 0.6 is 0 Å². The SMILES string of the molecule is C[C@H](CCCCC1CCCCC1)NCc1ccc2cnccc2c1. The molecule has 0 saturated heterocycles. The Balaban J connectivity index is 1.34. The molecule has 1 atom stereocenters. The fourth-order valence-electron chi connectivity index (χ4n) is 4.00. The van der Waals surface area contributed by atoms with E-state index in [0.717, 1.165) is 12.5 Å². The van der Waals surface area contributed by atoms with E-state index in [0.29, 0.717) is 6.04 Å². The van der Waals surface area contributed by atoms with Crippen molar-refractivity contribution >= 4 is 10.8 Å². The molecule has 0 unspecified atom stereocenters. The van der Waals surface area contributed by atoms with Crippen LogP contribution in [0.15, 0.2) is 36.7 Å². The number of rotatable bonds is 8. The molecule has 24 heavy (non-hydrogen) atoms. The molecule has 2 heteroatoms. The molecule has 0 amide bonds. The van der Waals surface area contributed by atoms with Gasteiger partial charge in [0.2, 0.25) is 0 Å². The summed E-state index contributed by atoms with van der Waals surface area (Å²) >= 11 is 0. The van der Waals surface area contributed by atoms with Gasteiger partial charge in [0.15, 0.2) is 0 Å². The second-order valence-electron chi connectivity index (χ2n) is 7.63. The van der Waals surface area contributed by atoms with Gasteiger partial charge in [0, 0.05) is 30.4 Å². The zero-order valence-electron chi connectivity index (χ0n) is 15.1. The Bertz CT molecular complexity index is 616. The third kappa shape index (κ3) is 5.31. The third-order valence-corrected chi connectivity index (χ3v) is 5.58. The van der Waals surface area contributed by atoms with Gasteiger partial charge in [-0.25, -0.2) is 0 Å². The van der Waals surface area contributed by atoms with Crippen LogP contribution in [0.5, 0.6) is 0 Å². The molecular weight excluding hydrogens is 292 g/mol. The van der Waals surface area contributed by atoms with Crippen LogP contribution in [0.4, 0.5) is 0 Å². The van der Waals surface area contributed by atoms with Crippen molar-refractivity contribution < 1.29 is 0 Å². The molecule has 0 radical (unpaired) electrons. The van der Waals surface area contributed by atoms with Crippen molar-refractivity contribution in [3.8, 4) is 0 Å². The van der Waals surface area contributed by atoms with Crippen molar-refractivity contribution in [2.24, 2.45) is 5.92 Å². The molecule has 3 rings (SSSR count). The first-order valence-electron chi connectivity index (χ1n) is 9.87. The second kappa shape index (κ2) is 9.17. The molecule has 1 fully saturated rings. The smallest absolute Gasteiger partial charge is 0.0346 e. The predicted octanol–water partition coefficient (Wildman–Crippen LogP) is 5.85. The van der Waals surface area contributed by atoms with Crippen LogP contribution in [-0.4, -0.2) is 11.0 Å². The van der Waals surface area contributed by atoms with Crippen LogP contribution in [-0.2, 0) is 6.54 Å². The number of benzene rings is 1. The number of fused-ring (bicyclic) bond motifs is 1. The summed E-state index contributed by atoms with van der Waals surface area (Å²) in [6.45, 7) is 3.29. The lowest BCUT2D eigenvalue weighted by atomic mass is 9.85. The van der Waals surface area contributed by atoms with Crippen molar-refractivity contribution in [3.05, 3.63) is 42.2 Å². The fraction of sp³-hybridized carbons (Fsp3) is 0.591. The zero-order chi connectivity index (χ0) is 16.6. The largest absolute Gasteiger partial charge is 0.310 e. The molecule has 0 spiro atoms. The molecule has 1 aromatic carbocycles. The van der Waals surface area contributed by atoms with Crippen molar-refractivity contribution in [2.45, 2.75) is 77.3 Å². The normalized spacial score (nSPS) is 17.2. The summed E-state index contributed by atoms with van der Waals surface area (Å²) < 4.78 is 0. The maximum absolute atomic E-state index is 4.18. The van der Waals surface area contributed by atoms with Gasteiger partial charge in [-0.1, -0.05) is 63.5 Å². The van der Waals surface area contributed by atoms with Gasteiger partial charge in [-0.05, 0) is 42.3 Å². The van der Waals surface area contributed by atoms with Crippen LogP contribution in [0.2, 0.25) is 0 Å². The molecule has 2 nitrogen and oxygen atoms in total. The number of hydrogen-bond acceptors (Lipinski definition) is 2. The number of hydrogen-bond donors (Lipinski definition) is 1. The highest BCUT2D eigenvalue weighted by molar-refractivity contribution is 5.81. The first-order chi connectivity index (χ1) is 11.8. The lowest BCUT2D eigenvalue weighted by molar-refractivity contribution is 0.325. The summed E-state index contributed by atoms with van der Waals surface area (Å²) in [5, 5.41) is 6.19. The van der Waals surface area contributed by atoms with E-state index in [4.69, 9.17) is 0 Å². The monoisotopic (exact) mass is 324 g/mol. The van der Waals surface area contributed by atoms with Crippen molar-refractivity contribution in [2.75, 3.05) is 0 Å². The Morgan fingerprint density at radius 2 is 1.96 bits per heavy atom. The van der Waals surface area contributed by atoms with Crippen LogP contribution in [0.25, 0.3) is 10.8 Å². The quantitative estimate of drug-likeness (QED) is 0.616. The van der Waals surface area contributed by atoms with Crippen LogP contribution < -0.4 is 5.32 Å². The summed E-state index contributed by atoms with van der Waals surface area (Å²) in [5.41, 5.74) is 1.36. The maximum Gasteiger partial charge on any atom is 0.0346 e. The van der Waals surface area contributed by atoms with Gasteiger partial charge in [0.05, 0.1) is 0 Å². The lowest BCUT2D eigenvalue weighted by Crippen LogP contribution is -2.25. The summed E-state index contributed by atoms with van der Waals surface area (Å²) in [6, 6.07) is 9.36. The van der Waals surface area contributed by atoms with Crippen LogP contribution in [0, 0.1) is 5.92 Å². The minimum atomic E-state index is 0.601. The number of aromatic nitrogens is 1. The zero-order valence-corrected chi connectivity index (χ0v) is 15.1. The second-order valence-corrected chi connectivity index (χ2v) is 7.63. The minimum absolute atomic E-state index is 0.601. The summed E-state index contributed by atoms with van der Waals surface area (Å²) in [7, 11) is 0. The average Bonchev–Trinajstić information content (AvgIpc) is 2.64. The summed E-state index contributed by atoms with van der Waals surface area (Å²) in [4.78, 5) is 4.18. The number of nitrogens with one attached hydrogen (secondary N) is 1. The number of unbranched alkanes of at least 4 members (excludes halogenated alkanes) is 1. The van der Waals surface area contributed by atoms with Gasteiger partial charge in [-0.15, -0.1) is 0 Å². The fourth-order valence-corrected chi connectivity index (χ4v) is 4.00. The van der Waals surface area contributed by atoms with Gasteiger partial charge < -0.3 is 5.32 Å². The molecule has 1 saturated carbocycles. The molecule has 130 valence electrons. The van der Waals surface area contributed by atoms with E-state index in [2.05, 4.69) is 41.5 Å². The number of pyridine rings is 1. The molecule has 1 aliphatic carbocycles. The lowest BCUT2D eigenvalue weighted by Gasteiger charge is -2.21. The summed E-state index contributed by atoms with van der Waals surface area (Å²) in [6.07, 6.45) is 16.8. The highest BCUT2D eigenvalue weighted by Gasteiger charge is 2.12. The molecule has 1 N–H and O–H groups in total. The van der Waals surface area contributed by atoms with E-state index in [9.17, 15) is 0 Å². The van der Waals surface area contributed by atoms with Gasteiger partial charge >= 0.3 is 0 Å². The van der Waals surface area contributed by atoms with Crippen molar-refractivity contribution in [1.29, 1.82) is 0 Å². The van der Waals surface area contributed by atoms with Crippen molar-refractivity contribution in [3.63, 3.8) is 0 Å². The average molecular weight is 325 g/mol. The Morgan fingerprint density at radius 1 is 1.08 bits per heavy atom. The highest BCUT2D eigenvalue weighted by Crippen LogP contribution is 2.28. The third-order valence-electron chi connectivity index (χ3n) is 5.58. The van der Waals surface area contributed by atoms with E-state index < -0.39 is 0 Å². The summed E-state index contributed by atoms with van der Waals surface area (Å²) in [5.74, 6) is 1.04. The topological polar surface area (TPSA) is 24.9 Å². The van der Waals surface area contributed by atoms with Crippen LogP contribution in [0.3, 0.4) is 0 Å². The first kappa shape index (κ1) is 17.4. The Labute approximate surface area is 147 Å². The van der Waals surface area contributed by atoms with Crippen LogP contribution in [0.1, 0.15) is 70.3 Å². The maximum atomic E-state index is 4.18. The van der Waals surface area contributed by atoms with E-state index in [1.165, 1.54) is 74.1 Å². The van der Waals surface area contributed by atoms with E-state index in [1.54, 1.807) is 0 Å². The molecule has 1 aliphatic rings. The first-order valence-corrected chi connectivity index (χ1v) is 9.87. The van der Waals surface area contributed by atoms with Gasteiger partial charge in [-0.2, -0.15) is 0 Å². The van der Waals surface area contributed by atoms with Gasteiger partial charge in [-0.3, -0.25) is 4.98 Å². The molecule has 0 aliphatic heterocycles. The van der Waals surface area contributed by atoms with Gasteiger partial charge in [0.25, 0.3) is 0 Å². The molecule has 0 bridgehead atoms. The van der Waals surface area contributed by atoms with E-state index >= 15 is 0 Å². The van der Waals surface area contributed by atoms with Crippen molar-refractivity contribution in [1.82, 2.24) is 10.3 Å². The molecule has 1 aromatic heterocycles. The molecular formula is C22H32N2. The standard InChI is InChI=1S/C22H32N2/c1-18(7-5-6-10-19-8-3-2-4-9-19)24-16-20-11-12-22-17-23-14-13-21(22)15-20/h11-15,17-19,24H,2-10,16H2,1H3/t18-/m1/s1. The van der Waals surface area contributed by atoms with E-state index in [1.807, 2.05) is 12.4 Å².